The number of anilines is 1. The van der Waals surface area contributed by atoms with Gasteiger partial charge in [0.2, 0.25) is 0 Å². The van der Waals surface area contributed by atoms with Gasteiger partial charge in [-0.15, -0.1) is 0 Å². The molecule has 110 valence electrons. The molecule has 1 aromatic rings. The first-order chi connectivity index (χ1) is 9.74. The van der Waals surface area contributed by atoms with Crippen molar-refractivity contribution in [1.29, 1.82) is 0 Å². The summed E-state index contributed by atoms with van der Waals surface area (Å²) in [4.78, 5) is 4.93. The zero-order valence-electron chi connectivity index (χ0n) is 13.0. The highest BCUT2D eigenvalue weighted by molar-refractivity contribution is 5.45. The van der Waals surface area contributed by atoms with Gasteiger partial charge in [-0.2, -0.15) is 0 Å². The molecule has 0 radical (unpaired) electrons. The van der Waals surface area contributed by atoms with Crippen molar-refractivity contribution in [3.63, 3.8) is 0 Å². The zero-order valence-corrected chi connectivity index (χ0v) is 13.0. The van der Waals surface area contributed by atoms with Crippen molar-refractivity contribution >= 4 is 5.69 Å². The predicted molar refractivity (Wildman–Crippen MR) is 86.2 cm³/mol. The third-order valence-electron chi connectivity index (χ3n) is 5.20. The molecular weight excluding hydrogens is 244 g/mol. The van der Waals surface area contributed by atoms with Crippen molar-refractivity contribution in [3.05, 3.63) is 29.8 Å². The summed E-state index contributed by atoms with van der Waals surface area (Å²) in [7, 11) is 4.21. The Morgan fingerprint density at radius 2 is 1.70 bits per heavy atom. The largest absolute Gasteiger partial charge is 0.378 e. The third kappa shape index (κ3) is 3.01. The molecule has 0 N–H and O–H groups in total. The van der Waals surface area contributed by atoms with Gasteiger partial charge in [-0.3, -0.25) is 4.90 Å². The van der Waals surface area contributed by atoms with Crippen LogP contribution in [0.2, 0.25) is 0 Å². The van der Waals surface area contributed by atoms with E-state index in [0.717, 1.165) is 18.5 Å². The molecule has 1 saturated carbocycles. The fourth-order valence-electron chi connectivity index (χ4n) is 4.06. The standard InChI is InChI=1S/C18H28N2/c1-19(2)17-11-9-15(10-12-17)14-20-13-5-7-16-6-3-4-8-18(16)20/h9-12,16,18H,3-8,13-14H2,1-2H3/t16-,18+/m0/s1. The maximum absolute atomic E-state index is 2.76. The SMILES string of the molecule is CN(C)c1ccc(CN2CCC[C@@H]3CCCC[C@H]32)cc1. The van der Waals surface area contributed by atoms with Gasteiger partial charge in [0.15, 0.2) is 0 Å². The molecule has 1 saturated heterocycles. The van der Waals surface area contributed by atoms with Crippen molar-refractivity contribution in [3.8, 4) is 0 Å². The first kappa shape index (κ1) is 13.9. The molecule has 0 aromatic heterocycles. The van der Waals surface area contributed by atoms with Gasteiger partial charge < -0.3 is 4.90 Å². The van der Waals surface area contributed by atoms with Crippen LogP contribution < -0.4 is 4.90 Å². The molecule has 2 fully saturated rings. The smallest absolute Gasteiger partial charge is 0.0361 e. The Morgan fingerprint density at radius 1 is 1.00 bits per heavy atom. The van der Waals surface area contributed by atoms with Crippen LogP contribution in [0.25, 0.3) is 0 Å². The second-order valence-corrected chi connectivity index (χ2v) is 6.79. The highest BCUT2D eigenvalue weighted by Gasteiger charge is 2.32. The van der Waals surface area contributed by atoms with Crippen LogP contribution in [0.4, 0.5) is 5.69 Å². The highest BCUT2D eigenvalue weighted by Crippen LogP contribution is 2.35. The second kappa shape index (κ2) is 6.17. The van der Waals surface area contributed by atoms with E-state index in [-0.39, 0.29) is 0 Å². The zero-order chi connectivity index (χ0) is 13.9. The normalized spacial score (nSPS) is 27.1. The first-order valence-electron chi connectivity index (χ1n) is 8.24. The lowest BCUT2D eigenvalue weighted by Gasteiger charge is -2.44. The van der Waals surface area contributed by atoms with Gasteiger partial charge in [-0.25, -0.2) is 0 Å². The van der Waals surface area contributed by atoms with Gasteiger partial charge in [0.25, 0.3) is 0 Å². The summed E-state index contributed by atoms with van der Waals surface area (Å²) >= 11 is 0. The maximum Gasteiger partial charge on any atom is 0.0361 e. The number of likely N-dealkylation sites (tertiary alicyclic amines) is 1. The Labute approximate surface area is 123 Å². The van der Waals surface area contributed by atoms with Gasteiger partial charge >= 0.3 is 0 Å². The molecule has 1 aliphatic heterocycles. The van der Waals surface area contributed by atoms with Crippen LogP contribution >= 0.6 is 0 Å². The molecule has 1 aromatic carbocycles. The van der Waals surface area contributed by atoms with E-state index in [1.54, 1.807) is 0 Å². The van der Waals surface area contributed by atoms with Crippen LogP contribution in [0.1, 0.15) is 44.1 Å². The van der Waals surface area contributed by atoms with Crippen molar-refractivity contribution in [1.82, 2.24) is 4.90 Å². The van der Waals surface area contributed by atoms with Crippen LogP contribution in [-0.2, 0) is 6.54 Å². The molecule has 2 nitrogen and oxygen atoms in total. The second-order valence-electron chi connectivity index (χ2n) is 6.79. The number of rotatable bonds is 3. The number of fused-ring (bicyclic) bond motifs is 1. The summed E-state index contributed by atoms with van der Waals surface area (Å²) in [5.41, 5.74) is 2.77. The van der Waals surface area contributed by atoms with Gasteiger partial charge in [-0.05, 0) is 55.8 Å². The molecule has 0 amide bonds. The number of nitrogens with zero attached hydrogens (tertiary/aromatic N) is 2. The van der Waals surface area contributed by atoms with E-state index in [1.165, 1.54) is 56.3 Å². The molecule has 0 spiro atoms. The van der Waals surface area contributed by atoms with Crippen molar-refractivity contribution < 1.29 is 0 Å². The molecule has 2 atom stereocenters. The number of hydrogen-bond donors (Lipinski definition) is 0. The van der Waals surface area contributed by atoms with Gasteiger partial charge in [0.1, 0.15) is 0 Å². The summed E-state index contributed by atoms with van der Waals surface area (Å²) in [5, 5.41) is 0. The van der Waals surface area contributed by atoms with Crippen LogP contribution in [0.3, 0.4) is 0 Å². The Morgan fingerprint density at radius 3 is 2.45 bits per heavy atom. The molecule has 3 rings (SSSR count). The lowest BCUT2D eigenvalue weighted by molar-refractivity contribution is 0.0547. The number of hydrogen-bond acceptors (Lipinski definition) is 2. The molecule has 2 heteroatoms. The minimum absolute atomic E-state index is 0.867. The van der Waals surface area contributed by atoms with E-state index in [0.29, 0.717) is 0 Å². The van der Waals surface area contributed by atoms with Crippen molar-refractivity contribution in [2.45, 2.75) is 51.1 Å². The van der Waals surface area contributed by atoms with Crippen LogP contribution in [0.5, 0.6) is 0 Å². The average Bonchev–Trinajstić information content (AvgIpc) is 2.48. The maximum atomic E-state index is 2.76. The number of benzene rings is 1. The van der Waals surface area contributed by atoms with E-state index < -0.39 is 0 Å². The summed E-state index contributed by atoms with van der Waals surface area (Å²) in [6, 6.07) is 9.98. The van der Waals surface area contributed by atoms with Crippen molar-refractivity contribution in [2.24, 2.45) is 5.92 Å². The lowest BCUT2D eigenvalue weighted by atomic mass is 9.78. The van der Waals surface area contributed by atoms with E-state index in [4.69, 9.17) is 0 Å². The molecule has 20 heavy (non-hydrogen) atoms. The molecular formula is C18H28N2. The fraction of sp³-hybridized carbons (Fsp3) is 0.667. The number of piperidine rings is 1. The Bertz CT molecular complexity index is 422. The summed E-state index contributed by atoms with van der Waals surface area (Å²) in [6.45, 7) is 2.45. The molecule has 1 heterocycles. The Balaban J connectivity index is 1.66. The van der Waals surface area contributed by atoms with E-state index in [9.17, 15) is 0 Å². The van der Waals surface area contributed by atoms with Gasteiger partial charge in [0.05, 0.1) is 0 Å². The summed E-state index contributed by atoms with van der Waals surface area (Å²) < 4.78 is 0. The minimum atomic E-state index is 0.867. The van der Waals surface area contributed by atoms with E-state index in [1.807, 2.05) is 0 Å². The highest BCUT2D eigenvalue weighted by atomic mass is 15.2. The molecule has 0 unspecified atom stereocenters. The summed E-state index contributed by atoms with van der Waals surface area (Å²) in [5.74, 6) is 0.985. The van der Waals surface area contributed by atoms with Crippen LogP contribution in [0, 0.1) is 5.92 Å². The van der Waals surface area contributed by atoms with Crippen molar-refractivity contribution in [2.75, 3.05) is 25.5 Å². The monoisotopic (exact) mass is 272 g/mol. The third-order valence-corrected chi connectivity index (χ3v) is 5.20. The molecule has 0 bridgehead atoms. The predicted octanol–water partition coefficient (Wildman–Crippen LogP) is 3.91. The molecule has 1 aliphatic carbocycles. The fourth-order valence-corrected chi connectivity index (χ4v) is 4.06. The topological polar surface area (TPSA) is 6.48 Å². The quantitative estimate of drug-likeness (QED) is 0.823. The first-order valence-corrected chi connectivity index (χ1v) is 8.24. The average molecular weight is 272 g/mol. The Kier molecular flexibility index (Phi) is 4.30. The van der Waals surface area contributed by atoms with Crippen LogP contribution in [-0.4, -0.2) is 31.6 Å². The van der Waals surface area contributed by atoms with E-state index in [2.05, 4.69) is 48.2 Å². The van der Waals surface area contributed by atoms with Crippen LogP contribution in [0.15, 0.2) is 24.3 Å². The Hall–Kier alpha value is -1.02. The summed E-state index contributed by atoms with van der Waals surface area (Å²) in [6.07, 6.45) is 8.68. The molecule has 2 aliphatic rings. The van der Waals surface area contributed by atoms with E-state index >= 15 is 0 Å². The van der Waals surface area contributed by atoms with Gasteiger partial charge in [0, 0.05) is 32.4 Å². The lowest BCUT2D eigenvalue weighted by Crippen LogP contribution is -2.46. The minimum Gasteiger partial charge on any atom is -0.378 e. The van der Waals surface area contributed by atoms with Gasteiger partial charge in [-0.1, -0.05) is 25.0 Å².